The number of nitrogens with zero attached hydrogens (tertiary/aromatic N) is 4. The first-order valence-corrected chi connectivity index (χ1v) is 16.5. The number of hydrogen-bond donors (Lipinski definition) is 0. The number of rotatable bonds is 27. The predicted octanol–water partition coefficient (Wildman–Crippen LogP) is 2.32. The predicted molar refractivity (Wildman–Crippen MR) is 188 cm³/mol. The molecule has 0 aliphatic carbocycles. The van der Waals surface area contributed by atoms with Gasteiger partial charge >= 0.3 is 0 Å². The van der Waals surface area contributed by atoms with E-state index in [1.807, 2.05) is 73.7 Å². The van der Waals surface area contributed by atoms with Crippen LogP contribution in [-0.4, -0.2) is 149 Å². The van der Waals surface area contributed by atoms with Crippen molar-refractivity contribution in [3.63, 3.8) is 0 Å². The van der Waals surface area contributed by atoms with Crippen LogP contribution in [0.3, 0.4) is 0 Å². The van der Waals surface area contributed by atoms with E-state index in [0.29, 0.717) is 64.2 Å². The van der Waals surface area contributed by atoms with Crippen LogP contribution in [0.15, 0.2) is 0 Å². The molecule has 0 bridgehead atoms. The van der Waals surface area contributed by atoms with E-state index >= 15 is 0 Å². The maximum Gasteiger partial charge on any atom is 0.147 e. The van der Waals surface area contributed by atoms with Crippen LogP contribution in [0.2, 0.25) is 0 Å². The summed E-state index contributed by atoms with van der Waals surface area (Å²) < 4.78 is 0. The molecule has 0 aliphatic rings. The Balaban J connectivity index is -0.000000241. The van der Waals surface area contributed by atoms with Crippen molar-refractivity contribution in [1.82, 2.24) is 19.6 Å². The molecule has 0 aromatic heterocycles. The smallest absolute Gasteiger partial charge is 0.147 e. The van der Waals surface area contributed by atoms with E-state index in [4.69, 9.17) is 4.79 Å². The molecule has 4 atom stereocenters. The van der Waals surface area contributed by atoms with E-state index in [2.05, 4.69) is 6.92 Å². The first kappa shape index (κ1) is 58.7. The van der Waals surface area contributed by atoms with Crippen molar-refractivity contribution in [3.05, 3.63) is 0 Å². The van der Waals surface area contributed by atoms with Gasteiger partial charge in [-0.15, -0.1) is 19.3 Å². The topological polar surface area (TPSA) is 150 Å². The number of likely N-dealkylation sites (N-methyl/N-ethyl adjacent to an activating group) is 2. The number of Topliss-reactive ketones (excluding diaryl/α,β-unsaturated/α-hetero) is 4. The second kappa shape index (κ2) is 38.1. The molecule has 0 saturated carbocycles. The van der Waals surface area contributed by atoms with Crippen molar-refractivity contribution >= 4 is 48.3 Å². The van der Waals surface area contributed by atoms with Gasteiger partial charge in [-0.25, -0.2) is 0 Å². The van der Waals surface area contributed by atoms with Gasteiger partial charge in [0.2, 0.25) is 0 Å². The third kappa shape index (κ3) is 40.2. The number of hydrogen-bond acceptors (Lipinski definition) is 12. The van der Waals surface area contributed by atoms with E-state index < -0.39 is 0 Å². The standard InChI is InChI=1S/C17H28N2O4.C17H31N2O3.C2H3O.2Y/c1-14(22)9-15(5-7-20)12-19(4)13-17(23)10-16(6-8-21)11-18(2)3;1-6-15(9-14(2)21)12-19(5)13-17(22)10-16(7-8-20)11-18(3)4;1-2-3;;/h15-16H,5-6,9-13H2,1-4H3;15-16H,6-7,9-13H2,1-5H3;1H3;;/q-2;2*-1;;. The van der Waals surface area contributed by atoms with E-state index in [0.717, 1.165) is 13.0 Å². The molecule has 284 valence electrons. The molecule has 50 heavy (non-hydrogen) atoms. The molecule has 14 heteroatoms. The second-order valence-corrected chi connectivity index (χ2v) is 13.3. The Morgan fingerprint density at radius 2 is 0.800 bits per heavy atom. The summed E-state index contributed by atoms with van der Waals surface area (Å²) >= 11 is 0. The van der Waals surface area contributed by atoms with E-state index in [1.165, 1.54) is 20.1 Å². The molecule has 12 nitrogen and oxygen atoms in total. The average molecular weight is 857 g/mol. The molecule has 0 aromatic rings. The molecule has 0 aliphatic heterocycles. The molecule has 0 spiro atoms. The van der Waals surface area contributed by atoms with Crippen molar-refractivity contribution < 1.29 is 104 Å². The fourth-order valence-electron chi connectivity index (χ4n) is 5.53. The Morgan fingerprint density at radius 1 is 0.520 bits per heavy atom. The number of carbonyl (C=O) groups is 4. The molecule has 2 radical (unpaired) electrons. The maximum absolute atomic E-state index is 12.2. The summed E-state index contributed by atoms with van der Waals surface area (Å²) in [6.45, 7) is 9.73. The summed E-state index contributed by atoms with van der Waals surface area (Å²) in [4.78, 5) is 94.9. The van der Waals surface area contributed by atoms with Crippen LogP contribution in [0.5, 0.6) is 0 Å². The summed E-state index contributed by atoms with van der Waals surface area (Å²) in [7, 11) is 11.4. The van der Waals surface area contributed by atoms with Crippen LogP contribution in [0.1, 0.15) is 79.1 Å². The molecule has 0 saturated heterocycles. The van der Waals surface area contributed by atoms with Crippen LogP contribution in [0.25, 0.3) is 0 Å². The zero-order valence-electron chi connectivity index (χ0n) is 32.4. The summed E-state index contributed by atoms with van der Waals surface area (Å²) in [5.41, 5.74) is 0. The first-order valence-electron chi connectivity index (χ1n) is 16.5. The third-order valence-electron chi connectivity index (χ3n) is 7.16. The van der Waals surface area contributed by atoms with Crippen LogP contribution in [0.4, 0.5) is 0 Å². The second-order valence-electron chi connectivity index (χ2n) is 13.3. The summed E-state index contributed by atoms with van der Waals surface area (Å²) in [6, 6.07) is 0. The van der Waals surface area contributed by atoms with Gasteiger partial charge in [0.1, 0.15) is 23.1 Å². The van der Waals surface area contributed by atoms with Gasteiger partial charge in [-0.3, -0.25) is 44.5 Å². The fourth-order valence-corrected chi connectivity index (χ4v) is 5.53. The Bertz CT molecular complexity index is 953. The molecule has 0 aromatic carbocycles. The molecule has 0 N–H and O–H groups in total. The van der Waals surface area contributed by atoms with Gasteiger partial charge < -0.3 is 38.6 Å². The molecular formula is C36H62N4O8Y2-4. The quantitative estimate of drug-likeness (QED) is 0.112. The third-order valence-corrected chi connectivity index (χ3v) is 7.16. The van der Waals surface area contributed by atoms with Crippen molar-refractivity contribution in [1.29, 1.82) is 0 Å². The Morgan fingerprint density at radius 3 is 1.06 bits per heavy atom. The maximum atomic E-state index is 12.2. The molecule has 0 amide bonds. The van der Waals surface area contributed by atoms with Crippen LogP contribution >= 0.6 is 0 Å². The fraction of sp³-hybridized carbons (Fsp3) is 0.778. The van der Waals surface area contributed by atoms with Crippen molar-refractivity contribution in [2.75, 3.05) is 81.6 Å². The van der Waals surface area contributed by atoms with Gasteiger partial charge in [0, 0.05) is 97.6 Å². The zero-order chi connectivity index (χ0) is 37.7. The summed E-state index contributed by atoms with van der Waals surface area (Å²) in [5.74, 6) is 0.609. The van der Waals surface area contributed by atoms with Crippen molar-refractivity contribution in [3.8, 4) is 0 Å². The summed E-state index contributed by atoms with van der Waals surface area (Å²) in [6.07, 6.45) is 10.4. The van der Waals surface area contributed by atoms with Crippen molar-refractivity contribution in [2.24, 2.45) is 23.7 Å². The van der Waals surface area contributed by atoms with Gasteiger partial charge in [-0.2, -0.15) is 6.92 Å². The minimum absolute atomic E-state index is 0. The van der Waals surface area contributed by atoms with Gasteiger partial charge in [0.15, 0.2) is 0 Å². The van der Waals surface area contributed by atoms with E-state index in [1.54, 1.807) is 14.0 Å². The van der Waals surface area contributed by atoms with Gasteiger partial charge in [-0.05, 0) is 99.4 Å². The Hall–Kier alpha value is -0.592. The van der Waals surface area contributed by atoms with Crippen molar-refractivity contribution in [2.45, 2.75) is 79.1 Å². The van der Waals surface area contributed by atoms with Gasteiger partial charge in [0.05, 0.1) is 13.1 Å². The first-order chi connectivity index (χ1) is 22.5. The zero-order valence-corrected chi connectivity index (χ0v) is 38.1. The molecular weight excluding hydrogens is 794 g/mol. The molecule has 0 fully saturated rings. The number of carbonyl (C=O) groups excluding carboxylic acids is 8. The Labute approximate surface area is 353 Å². The van der Waals surface area contributed by atoms with Gasteiger partial charge in [0.25, 0.3) is 0 Å². The molecule has 4 unspecified atom stereocenters. The SMILES string of the molecule is CC(=O)CC(C[C-]=O)CN(C)CC(=O)CC(C[C-]=O)CN(C)C.CCC(CC(C)=O)CN(C)CC(=O)CC(C[C-]=O)CN(C)C.C[C-]=O.[Y].[Y]. The van der Waals surface area contributed by atoms with E-state index in [-0.39, 0.29) is 126 Å². The number of ketones is 4. The van der Waals surface area contributed by atoms with Crippen LogP contribution < -0.4 is 0 Å². The normalized spacial score (nSPS) is 12.8. The largest absolute Gasteiger partial charge is 0.542 e. The molecule has 0 heterocycles. The van der Waals surface area contributed by atoms with Crippen LogP contribution in [0, 0.1) is 23.7 Å². The summed E-state index contributed by atoms with van der Waals surface area (Å²) in [5, 5.41) is 0. The Kier molecular flexibility index (Phi) is 44.8. The van der Waals surface area contributed by atoms with Crippen LogP contribution in [-0.2, 0) is 104 Å². The minimum atomic E-state index is -0.108. The van der Waals surface area contributed by atoms with E-state index in [9.17, 15) is 33.6 Å². The monoisotopic (exact) mass is 856 g/mol. The average Bonchev–Trinajstić information content (AvgIpc) is 2.92. The minimum Gasteiger partial charge on any atom is -0.542 e. The van der Waals surface area contributed by atoms with Gasteiger partial charge in [-0.1, -0.05) is 13.3 Å². The molecule has 0 rings (SSSR count).